The first-order valence-corrected chi connectivity index (χ1v) is 16.2. The predicted molar refractivity (Wildman–Crippen MR) is 183 cm³/mol. The summed E-state index contributed by atoms with van der Waals surface area (Å²) in [5.41, 5.74) is 3.15. The summed E-state index contributed by atoms with van der Waals surface area (Å²) in [4.78, 5) is 30.9. The molecular formula is C34H33ClN6O5S. The van der Waals surface area contributed by atoms with E-state index in [0.29, 0.717) is 40.1 Å². The van der Waals surface area contributed by atoms with Crippen molar-refractivity contribution >= 4 is 55.7 Å². The summed E-state index contributed by atoms with van der Waals surface area (Å²) in [5.74, 6) is 1.49. The molecule has 0 spiro atoms. The Balaban J connectivity index is 1.18. The van der Waals surface area contributed by atoms with Gasteiger partial charge in [-0.15, -0.1) is 0 Å². The smallest absolute Gasteiger partial charge is 0.320 e. The number of nitrogens with one attached hydrogen (secondary N) is 2. The Morgan fingerprint density at radius 3 is 2.64 bits per heavy atom. The highest BCUT2D eigenvalue weighted by Gasteiger charge is 2.22. The van der Waals surface area contributed by atoms with E-state index < -0.39 is 6.03 Å². The molecule has 0 aliphatic carbocycles. The van der Waals surface area contributed by atoms with Crippen LogP contribution in [0, 0.1) is 0 Å². The summed E-state index contributed by atoms with van der Waals surface area (Å²) in [6.07, 6.45) is 2.23. The minimum atomic E-state index is -0.445. The van der Waals surface area contributed by atoms with Crippen molar-refractivity contribution in [3.8, 4) is 22.9 Å². The number of nitrogens with zero attached hydrogens (tertiary/aromatic N) is 4. The quantitative estimate of drug-likeness (QED) is 0.111. The summed E-state index contributed by atoms with van der Waals surface area (Å²) in [6, 6.07) is 19.1. The van der Waals surface area contributed by atoms with E-state index in [2.05, 4.69) is 15.6 Å². The van der Waals surface area contributed by atoms with Crippen LogP contribution in [0.3, 0.4) is 0 Å². The minimum Gasteiger partial charge on any atom is -0.506 e. The normalized spacial score (nSPS) is 11.7. The largest absolute Gasteiger partial charge is 0.506 e. The van der Waals surface area contributed by atoms with E-state index >= 15 is 0 Å². The molecule has 47 heavy (non-hydrogen) atoms. The van der Waals surface area contributed by atoms with Crippen molar-refractivity contribution in [3.63, 3.8) is 0 Å². The molecule has 0 radical (unpaired) electrons. The van der Waals surface area contributed by atoms with Crippen LogP contribution in [-0.4, -0.2) is 47.8 Å². The number of rotatable bonds is 10. The number of imidazole rings is 1. The molecule has 0 bridgehead atoms. The van der Waals surface area contributed by atoms with Crippen LogP contribution in [0.4, 0.5) is 10.6 Å². The van der Waals surface area contributed by atoms with Crippen molar-refractivity contribution in [2.75, 3.05) is 11.9 Å². The third-order valence-electron chi connectivity index (χ3n) is 7.49. The number of ketones is 1. The Morgan fingerprint density at radius 1 is 1.06 bits per heavy atom. The maximum atomic E-state index is 13.1. The molecule has 6 aromatic rings. The number of amides is 2. The van der Waals surface area contributed by atoms with E-state index in [4.69, 9.17) is 26.5 Å². The summed E-state index contributed by atoms with van der Waals surface area (Å²) >= 11 is 7.61. The summed E-state index contributed by atoms with van der Waals surface area (Å²) in [6.45, 7) is 6.22. The first-order chi connectivity index (χ1) is 22.5. The zero-order valence-corrected chi connectivity index (χ0v) is 27.5. The van der Waals surface area contributed by atoms with Crippen LogP contribution in [-0.2, 0) is 12.0 Å². The van der Waals surface area contributed by atoms with E-state index in [1.807, 2.05) is 73.7 Å². The molecule has 0 aliphatic rings. The van der Waals surface area contributed by atoms with Gasteiger partial charge in [-0.3, -0.25) is 14.5 Å². The molecule has 0 saturated carbocycles. The zero-order chi connectivity index (χ0) is 33.3. The number of thiazole rings is 1. The van der Waals surface area contributed by atoms with Gasteiger partial charge in [0.1, 0.15) is 28.8 Å². The fourth-order valence-electron chi connectivity index (χ4n) is 5.00. The number of carbonyl (C=O) groups is 2. The second-order valence-electron chi connectivity index (χ2n) is 12.0. The van der Waals surface area contributed by atoms with Gasteiger partial charge in [-0.05, 0) is 42.8 Å². The number of ether oxygens (including phenoxy) is 1. The van der Waals surface area contributed by atoms with Gasteiger partial charge in [-0.25, -0.2) is 14.5 Å². The van der Waals surface area contributed by atoms with Gasteiger partial charge < -0.3 is 20.3 Å². The average Bonchev–Trinajstić information content (AvgIpc) is 3.74. The lowest BCUT2D eigenvalue weighted by molar-refractivity contribution is 0.0966. The van der Waals surface area contributed by atoms with Gasteiger partial charge in [0.05, 0.1) is 32.8 Å². The lowest BCUT2D eigenvalue weighted by atomic mass is 9.92. The van der Waals surface area contributed by atoms with Crippen LogP contribution >= 0.6 is 22.9 Å². The first kappa shape index (κ1) is 32.0. The second-order valence-corrected chi connectivity index (χ2v) is 13.4. The molecule has 2 amide bonds. The number of aliphatic hydroxyl groups is 1. The number of para-hydroxylation sites is 1. The molecule has 4 N–H and O–H groups in total. The third-order valence-corrected chi connectivity index (χ3v) is 8.81. The van der Waals surface area contributed by atoms with E-state index in [0.717, 1.165) is 21.5 Å². The van der Waals surface area contributed by atoms with Crippen LogP contribution in [0.5, 0.6) is 17.2 Å². The van der Waals surface area contributed by atoms with Crippen molar-refractivity contribution in [3.05, 3.63) is 94.9 Å². The van der Waals surface area contributed by atoms with Gasteiger partial charge >= 0.3 is 6.03 Å². The number of urea groups is 1. The molecule has 3 aromatic carbocycles. The molecule has 6 rings (SSSR count). The van der Waals surface area contributed by atoms with Crippen LogP contribution in [0.15, 0.2) is 72.9 Å². The Kier molecular flexibility index (Phi) is 8.91. The van der Waals surface area contributed by atoms with Crippen LogP contribution in [0.2, 0.25) is 5.02 Å². The number of Topliss-reactive ketones (excluding diaryl/α,β-unsaturated/α-hetero) is 1. The SMILES string of the molecule is CC(C)(C)c1cc(NC(=O)NCc2ccccc2Oc2ccc3c(c2)sc2ncc(C(=O)CCCO)n23)n(-c2ccc(O)c(Cl)c2)n1. The molecule has 0 unspecified atom stereocenters. The van der Waals surface area contributed by atoms with Crippen LogP contribution < -0.4 is 15.4 Å². The number of carbonyl (C=O) groups excluding carboxylic acids is 2. The van der Waals surface area contributed by atoms with E-state index in [1.165, 1.54) is 17.4 Å². The maximum absolute atomic E-state index is 13.1. The number of aliphatic hydroxyl groups excluding tert-OH is 1. The van der Waals surface area contributed by atoms with Crippen molar-refractivity contribution in [2.45, 2.75) is 45.6 Å². The molecule has 0 fully saturated rings. The van der Waals surface area contributed by atoms with Crippen molar-refractivity contribution in [2.24, 2.45) is 0 Å². The molecule has 3 aromatic heterocycles. The number of benzene rings is 3. The Labute approximate surface area is 279 Å². The van der Waals surface area contributed by atoms with Crippen molar-refractivity contribution in [1.29, 1.82) is 0 Å². The van der Waals surface area contributed by atoms with E-state index in [9.17, 15) is 14.7 Å². The molecule has 11 nitrogen and oxygen atoms in total. The predicted octanol–water partition coefficient (Wildman–Crippen LogP) is 7.46. The average molecular weight is 673 g/mol. The van der Waals surface area contributed by atoms with Gasteiger partial charge in [0.2, 0.25) is 0 Å². The fourth-order valence-corrected chi connectivity index (χ4v) is 6.20. The first-order valence-electron chi connectivity index (χ1n) is 15.0. The monoisotopic (exact) mass is 672 g/mol. The third kappa shape index (κ3) is 6.80. The van der Waals surface area contributed by atoms with Gasteiger partial charge in [0.15, 0.2) is 10.7 Å². The molecule has 0 aliphatic heterocycles. The highest BCUT2D eigenvalue weighted by Crippen LogP contribution is 2.34. The van der Waals surface area contributed by atoms with Gasteiger partial charge in [-0.2, -0.15) is 5.10 Å². The summed E-state index contributed by atoms with van der Waals surface area (Å²) in [7, 11) is 0. The number of halogens is 1. The highest BCUT2D eigenvalue weighted by molar-refractivity contribution is 7.23. The number of hydrogen-bond acceptors (Lipinski definition) is 8. The number of anilines is 1. The molecule has 3 heterocycles. The van der Waals surface area contributed by atoms with Crippen molar-refractivity contribution in [1.82, 2.24) is 24.5 Å². The number of aromatic hydroxyl groups is 1. The maximum Gasteiger partial charge on any atom is 0.320 e. The van der Waals surface area contributed by atoms with Crippen molar-refractivity contribution < 1.29 is 24.5 Å². The van der Waals surface area contributed by atoms with Gasteiger partial charge in [-0.1, -0.05) is 61.9 Å². The zero-order valence-electron chi connectivity index (χ0n) is 26.0. The molecule has 242 valence electrons. The summed E-state index contributed by atoms with van der Waals surface area (Å²) < 4.78 is 10.6. The number of hydrogen-bond donors (Lipinski definition) is 4. The second kappa shape index (κ2) is 13.1. The van der Waals surface area contributed by atoms with E-state index in [-0.39, 0.29) is 41.5 Å². The topological polar surface area (TPSA) is 143 Å². The molecule has 13 heteroatoms. The Hall–Kier alpha value is -4.91. The Morgan fingerprint density at radius 2 is 1.87 bits per heavy atom. The minimum absolute atomic E-state index is 0.0406. The molecular weight excluding hydrogens is 640 g/mol. The number of phenolic OH excluding ortho intramolecular Hbond substituents is 1. The number of fused-ring (bicyclic) bond motifs is 3. The lowest BCUT2D eigenvalue weighted by Crippen LogP contribution is -2.29. The van der Waals surface area contributed by atoms with Crippen LogP contribution in [0.25, 0.3) is 20.9 Å². The van der Waals surface area contributed by atoms with E-state index in [1.54, 1.807) is 23.0 Å². The number of aromatic nitrogens is 4. The Bertz CT molecular complexity index is 2110. The molecule has 0 atom stereocenters. The lowest BCUT2D eigenvalue weighted by Gasteiger charge is -2.14. The molecule has 0 saturated heterocycles. The van der Waals surface area contributed by atoms with Gasteiger partial charge in [0, 0.05) is 42.7 Å². The number of phenols is 1. The van der Waals surface area contributed by atoms with Gasteiger partial charge in [0.25, 0.3) is 0 Å². The summed E-state index contributed by atoms with van der Waals surface area (Å²) in [5, 5.41) is 29.7. The standard InChI is InChI=1S/C34H33ClN6O5S/c1-34(2,3)30-17-31(41(39-30)21-10-13-26(43)23(35)15-21)38-32(45)36-18-20-7-4-5-9-28(20)46-22-11-12-24-29(16-22)47-33-37-19-25(40(24)33)27(44)8-6-14-42/h4-5,7,9-13,15-17,19,42-43H,6,8,14,18H2,1-3H3,(H2,36,38,45). The van der Waals surface area contributed by atoms with Crippen LogP contribution in [0.1, 0.15) is 55.4 Å². The highest BCUT2D eigenvalue weighted by atomic mass is 35.5. The fraction of sp³-hybridized carbons (Fsp3) is 0.235.